The van der Waals surface area contributed by atoms with Crippen molar-refractivity contribution in [3.8, 4) is 17.6 Å². The summed E-state index contributed by atoms with van der Waals surface area (Å²) in [5, 5.41) is 2.92. The molecule has 1 aromatic carbocycles. The number of alkyl carbamates (subject to hydrolysis) is 1. The molecule has 4 rings (SSSR count). The highest BCUT2D eigenvalue weighted by Gasteiger charge is 2.29. The van der Waals surface area contributed by atoms with Crippen molar-refractivity contribution in [1.82, 2.24) is 24.0 Å². The molecular weight excluding hydrogens is 519 g/mol. The van der Waals surface area contributed by atoms with Crippen molar-refractivity contribution in [3.05, 3.63) is 50.4 Å². The number of carbonyl (C=O) groups is 1. The summed E-state index contributed by atoms with van der Waals surface area (Å²) in [6.07, 6.45) is 1.04. The van der Waals surface area contributed by atoms with Crippen LogP contribution in [0, 0.1) is 17.7 Å². The lowest BCUT2D eigenvalue weighted by molar-refractivity contribution is 0.0499. The number of nitrogens with one attached hydrogen (secondary N) is 1. The second kappa shape index (κ2) is 11.5. The van der Waals surface area contributed by atoms with Crippen LogP contribution in [0.3, 0.4) is 0 Å². The van der Waals surface area contributed by atoms with E-state index < -0.39 is 28.8 Å². The second-order valence-corrected chi connectivity index (χ2v) is 10.7. The zero-order valence-electron chi connectivity index (χ0n) is 23.7. The Balaban J connectivity index is 1.75. The minimum atomic E-state index is -0.618. The number of aromatic nitrogens is 4. The molecule has 3 heterocycles. The fraction of sp³-hybridized carbons (Fsp3) is 0.500. The Morgan fingerprint density at radius 3 is 2.65 bits per heavy atom. The number of aryl methyl sites for hydroxylation is 1. The van der Waals surface area contributed by atoms with E-state index in [1.807, 2.05) is 4.90 Å². The van der Waals surface area contributed by atoms with Crippen molar-refractivity contribution in [1.29, 1.82) is 0 Å². The lowest BCUT2D eigenvalue weighted by Crippen LogP contribution is -2.49. The number of hydrogen-bond acceptors (Lipinski definition) is 7. The van der Waals surface area contributed by atoms with Crippen molar-refractivity contribution in [3.63, 3.8) is 0 Å². The Bertz CT molecular complexity index is 1600. The number of fused-ring (bicyclic) bond motifs is 1. The van der Waals surface area contributed by atoms with E-state index in [4.69, 9.17) is 14.5 Å². The number of methoxy groups -OCH3 is 1. The lowest BCUT2D eigenvalue weighted by atomic mass is 10.1. The van der Waals surface area contributed by atoms with Gasteiger partial charge in [-0.3, -0.25) is 18.5 Å². The number of halogens is 1. The molecule has 11 nitrogen and oxygen atoms in total. The number of piperidine rings is 1. The maximum absolute atomic E-state index is 14.3. The highest BCUT2D eigenvalue weighted by atomic mass is 19.1. The quantitative estimate of drug-likeness (QED) is 0.466. The van der Waals surface area contributed by atoms with Crippen LogP contribution in [0.4, 0.5) is 15.1 Å². The molecule has 1 fully saturated rings. The summed E-state index contributed by atoms with van der Waals surface area (Å²) in [5.41, 5.74) is -0.865. The molecule has 0 saturated carbocycles. The normalized spacial score (nSPS) is 15.5. The first-order valence-corrected chi connectivity index (χ1v) is 13.1. The molecule has 0 radical (unpaired) electrons. The van der Waals surface area contributed by atoms with Gasteiger partial charge in [0.1, 0.15) is 5.60 Å². The molecule has 12 heteroatoms. The number of imidazole rings is 1. The largest absolute Gasteiger partial charge is 0.494 e. The van der Waals surface area contributed by atoms with Crippen molar-refractivity contribution in [2.45, 2.75) is 65.3 Å². The van der Waals surface area contributed by atoms with Crippen LogP contribution < -0.4 is 26.2 Å². The lowest BCUT2D eigenvalue weighted by Gasteiger charge is -2.34. The Morgan fingerprint density at radius 2 is 2.00 bits per heavy atom. The zero-order chi connectivity index (χ0) is 29.2. The van der Waals surface area contributed by atoms with Gasteiger partial charge in [0.05, 0.1) is 20.2 Å². The van der Waals surface area contributed by atoms with Crippen molar-refractivity contribution < 1.29 is 18.7 Å². The van der Waals surface area contributed by atoms with Crippen LogP contribution in [0.15, 0.2) is 27.8 Å². The Labute approximate surface area is 231 Å². The first kappa shape index (κ1) is 28.7. The average Bonchev–Trinajstić information content (AvgIpc) is 3.27. The van der Waals surface area contributed by atoms with Crippen LogP contribution >= 0.6 is 0 Å². The molecule has 1 atom stereocenters. The first-order chi connectivity index (χ1) is 18.9. The molecule has 1 amide bonds. The standard InChI is InChI=1S/C28H35FN6O5/c1-7-8-14-34-22-23(31-25(34)33-13-9-10-19(17-33)30-26(37)40-28(2,3)4)32(5)27(38)35(24(22)36)16-18-11-12-21(39-6)20(29)15-18/h11-12,15,19H,9-10,13-14,16-17H2,1-6H3,(H,30,37)/t19-/m1/s1. The minimum Gasteiger partial charge on any atom is -0.494 e. The Hall–Kier alpha value is -4.27. The number of amides is 1. The van der Waals surface area contributed by atoms with Gasteiger partial charge in [-0.05, 0) is 58.2 Å². The maximum atomic E-state index is 14.3. The van der Waals surface area contributed by atoms with Gasteiger partial charge in [0, 0.05) is 26.2 Å². The molecule has 1 N–H and O–H groups in total. The summed E-state index contributed by atoms with van der Waals surface area (Å²) in [4.78, 5) is 46.1. The van der Waals surface area contributed by atoms with Crippen LogP contribution in [0.2, 0.25) is 0 Å². The summed E-state index contributed by atoms with van der Waals surface area (Å²) in [6, 6.07) is 4.11. The van der Waals surface area contributed by atoms with Gasteiger partial charge in [0.2, 0.25) is 5.95 Å². The fourth-order valence-corrected chi connectivity index (χ4v) is 4.79. The zero-order valence-corrected chi connectivity index (χ0v) is 23.7. The predicted octanol–water partition coefficient (Wildman–Crippen LogP) is 2.61. The molecule has 214 valence electrons. The second-order valence-electron chi connectivity index (χ2n) is 10.7. The van der Waals surface area contributed by atoms with Crippen molar-refractivity contribution in [2.24, 2.45) is 7.05 Å². The first-order valence-electron chi connectivity index (χ1n) is 13.1. The van der Waals surface area contributed by atoms with Gasteiger partial charge in [-0.15, -0.1) is 5.92 Å². The van der Waals surface area contributed by atoms with E-state index in [1.165, 1.54) is 23.8 Å². The molecule has 0 aliphatic carbocycles. The minimum absolute atomic E-state index is 0.0707. The van der Waals surface area contributed by atoms with Gasteiger partial charge >= 0.3 is 11.8 Å². The van der Waals surface area contributed by atoms with E-state index >= 15 is 0 Å². The van der Waals surface area contributed by atoms with Crippen LogP contribution in [-0.4, -0.2) is 56.6 Å². The molecule has 0 bridgehead atoms. The van der Waals surface area contributed by atoms with Gasteiger partial charge < -0.3 is 19.7 Å². The van der Waals surface area contributed by atoms with Crippen LogP contribution in [0.5, 0.6) is 5.75 Å². The summed E-state index contributed by atoms with van der Waals surface area (Å²) >= 11 is 0. The number of anilines is 1. The number of ether oxygens (including phenoxy) is 2. The molecular formula is C28H35FN6O5. The molecule has 0 unspecified atom stereocenters. The highest BCUT2D eigenvalue weighted by Crippen LogP contribution is 2.24. The third kappa shape index (κ3) is 5.98. The molecule has 1 aliphatic heterocycles. The van der Waals surface area contributed by atoms with Gasteiger partial charge in [0.15, 0.2) is 22.7 Å². The van der Waals surface area contributed by atoms with Crippen LogP contribution in [0.25, 0.3) is 11.2 Å². The van der Waals surface area contributed by atoms with E-state index in [0.29, 0.717) is 24.6 Å². The van der Waals surface area contributed by atoms with E-state index in [9.17, 15) is 18.8 Å². The molecule has 40 heavy (non-hydrogen) atoms. The summed E-state index contributed by atoms with van der Waals surface area (Å²) in [6.45, 7) is 8.24. The highest BCUT2D eigenvalue weighted by molar-refractivity contribution is 5.75. The number of carbonyl (C=O) groups excluding carboxylic acids is 1. The number of rotatable bonds is 6. The van der Waals surface area contributed by atoms with E-state index in [-0.39, 0.29) is 36.0 Å². The van der Waals surface area contributed by atoms with E-state index in [0.717, 1.165) is 17.4 Å². The smallest absolute Gasteiger partial charge is 0.407 e. The SMILES string of the molecule is CC#CCn1c(N2CCC[C@@H](NC(=O)OC(C)(C)C)C2)nc2c1c(=O)n(Cc1ccc(OC)c(F)c1)c(=O)n2C. The monoisotopic (exact) mass is 554 g/mol. The topological polar surface area (TPSA) is 113 Å². The summed E-state index contributed by atoms with van der Waals surface area (Å²) in [5.74, 6) is 5.82. The third-order valence-electron chi connectivity index (χ3n) is 6.61. The molecule has 3 aromatic rings. The van der Waals surface area contributed by atoms with Gasteiger partial charge in [-0.2, -0.15) is 4.98 Å². The Kier molecular flexibility index (Phi) is 8.23. The van der Waals surface area contributed by atoms with Gasteiger partial charge in [-0.1, -0.05) is 12.0 Å². The van der Waals surface area contributed by atoms with Crippen molar-refractivity contribution >= 4 is 23.2 Å². The Morgan fingerprint density at radius 1 is 1.25 bits per heavy atom. The van der Waals surface area contributed by atoms with Crippen molar-refractivity contribution in [2.75, 3.05) is 25.1 Å². The summed E-state index contributed by atoms with van der Waals surface area (Å²) < 4.78 is 28.8. The van der Waals surface area contributed by atoms with Crippen LogP contribution in [0.1, 0.15) is 46.1 Å². The number of nitrogens with zero attached hydrogens (tertiary/aromatic N) is 5. The summed E-state index contributed by atoms with van der Waals surface area (Å²) in [7, 11) is 2.91. The average molecular weight is 555 g/mol. The van der Waals surface area contributed by atoms with E-state index in [1.54, 1.807) is 45.4 Å². The molecule has 2 aromatic heterocycles. The predicted molar refractivity (Wildman–Crippen MR) is 149 cm³/mol. The molecule has 0 spiro atoms. The number of hydrogen-bond donors (Lipinski definition) is 1. The van der Waals surface area contributed by atoms with Crippen LogP contribution in [-0.2, 0) is 24.9 Å². The fourth-order valence-electron chi connectivity index (χ4n) is 4.79. The molecule has 1 aliphatic rings. The van der Waals surface area contributed by atoms with Gasteiger partial charge in [0.25, 0.3) is 5.56 Å². The maximum Gasteiger partial charge on any atom is 0.407 e. The third-order valence-corrected chi connectivity index (χ3v) is 6.61. The van der Waals surface area contributed by atoms with Gasteiger partial charge in [-0.25, -0.2) is 14.0 Å². The van der Waals surface area contributed by atoms with E-state index in [2.05, 4.69) is 17.2 Å². The molecule has 1 saturated heterocycles. The number of benzene rings is 1.